The number of rotatable bonds is 5. The lowest BCUT2D eigenvalue weighted by Gasteiger charge is -2.26. The van der Waals surface area contributed by atoms with Gasteiger partial charge in [0.1, 0.15) is 5.78 Å². The van der Waals surface area contributed by atoms with Crippen molar-refractivity contribution in [2.75, 3.05) is 14.1 Å². The van der Waals surface area contributed by atoms with E-state index in [-0.39, 0.29) is 5.78 Å². The molecule has 1 unspecified atom stereocenters. The van der Waals surface area contributed by atoms with Gasteiger partial charge in [0.2, 0.25) is 0 Å². The highest BCUT2D eigenvalue weighted by Crippen LogP contribution is 2.27. The Morgan fingerprint density at radius 1 is 1.29 bits per heavy atom. The van der Waals surface area contributed by atoms with Crippen molar-refractivity contribution in [3.8, 4) is 0 Å². The van der Waals surface area contributed by atoms with Crippen LogP contribution in [0.4, 0.5) is 0 Å². The molecule has 0 fully saturated rings. The van der Waals surface area contributed by atoms with E-state index in [4.69, 9.17) is 0 Å². The standard InChI is InChI=1S/C15H23NO/c1-11-6-8-14(12(2)10-11)15(16(4)5)9-7-13(3)17/h6,8,10,15H,7,9H2,1-5H3. The quantitative estimate of drug-likeness (QED) is 0.778. The number of ketones is 1. The Balaban J connectivity index is 2.93. The summed E-state index contributed by atoms with van der Waals surface area (Å²) in [4.78, 5) is 13.3. The second-order valence-corrected chi connectivity index (χ2v) is 5.08. The monoisotopic (exact) mass is 233 g/mol. The summed E-state index contributed by atoms with van der Waals surface area (Å²) < 4.78 is 0. The zero-order valence-electron chi connectivity index (χ0n) is 11.6. The summed E-state index contributed by atoms with van der Waals surface area (Å²) in [5.74, 6) is 0.265. The van der Waals surface area contributed by atoms with Crippen molar-refractivity contribution in [1.29, 1.82) is 0 Å². The Kier molecular flexibility index (Phi) is 4.88. The summed E-state index contributed by atoms with van der Waals surface area (Å²) in [7, 11) is 4.15. The Morgan fingerprint density at radius 3 is 2.41 bits per heavy atom. The molecule has 0 amide bonds. The SMILES string of the molecule is CC(=O)CCC(c1ccc(C)cc1C)N(C)C. The molecule has 0 saturated heterocycles. The number of hydrogen-bond donors (Lipinski definition) is 0. The number of carbonyl (C=O) groups is 1. The van der Waals surface area contributed by atoms with Gasteiger partial charge < -0.3 is 9.69 Å². The van der Waals surface area contributed by atoms with Gasteiger partial charge in [0, 0.05) is 12.5 Å². The highest BCUT2D eigenvalue weighted by atomic mass is 16.1. The molecular weight excluding hydrogens is 210 g/mol. The fourth-order valence-corrected chi connectivity index (χ4v) is 2.23. The van der Waals surface area contributed by atoms with Gasteiger partial charge in [-0.3, -0.25) is 0 Å². The van der Waals surface area contributed by atoms with E-state index in [1.165, 1.54) is 16.7 Å². The average molecular weight is 233 g/mol. The van der Waals surface area contributed by atoms with Crippen molar-refractivity contribution >= 4 is 5.78 Å². The van der Waals surface area contributed by atoms with Crippen LogP contribution in [0.25, 0.3) is 0 Å². The fraction of sp³-hybridized carbons (Fsp3) is 0.533. The molecular formula is C15H23NO. The smallest absolute Gasteiger partial charge is 0.129 e. The average Bonchev–Trinajstić information content (AvgIpc) is 2.20. The Labute approximate surface area is 105 Å². The van der Waals surface area contributed by atoms with E-state index in [9.17, 15) is 4.79 Å². The molecule has 0 saturated carbocycles. The largest absolute Gasteiger partial charge is 0.302 e. The molecule has 0 radical (unpaired) electrons. The highest BCUT2D eigenvalue weighted by molar-refractivity contribution is 5.75. The van der Waals surface area contributed by atoms with Crippen LogP contribution < -0.4 is 0 Å². The van der Waals surface area contributed by atoms with Crippen LogP contribution in [0, 0.1) is 13.8 Å². The molecule has 17 heavy (non-hydrogen) atoms. The highest BCUT2D eigenvalue weighted by Gasteiger charge is 2.16. The van der Waals surface area contributed by atoms with Gasteiger partial charge in [0.05, 0.1) is 0 Å². The third-order valence-electron chi connectivity index (χ3n) is 3.18. The summed E-state index contributed by atoms with van der Waals surface area (Å²) in [5.41, 5.74) is 3.93. The second kappa shape index (κ2) is 5.97. The van der Waals surface area contributed by atoms with E-state index < -0.39 is 0 Å². The van der Waals surface area contributed by atoms with Crippen LogP contribution in [-0.4, -0.2) is 24.8 Å². The van der Waals surface area contributed by atoms with Gasteiger partial charge in [-0.2, -0.15) is 0 Å². The maximum Gasteiger partial charge on any atom is 0.129 e. The zero-order valence-corrected chi connectivity index (χ0v) is 11.6. The lowest BCUT2D eigenvalue weighted by atomic mass is 9.94. The van der Waals surface area contributed by atoms with Crippen LogP contribution in [-0.2, 0) is 4.79 Å². The summed E-state index contributed by atoms with van der Waals surface area (Å²) >= 11 is 0. The second-order valence-electron chi connectivity index (χ2n) is 5.08. The summed E-state index contributed by atoms with van der Waals surface area (Å²) in [5, 5.41) is 0. The number of aryl methyl sites for hydroxylation is 2. The summed E-state index contributed by atoms with van der Waals surface area (Å²) in [6, 6.07) is 6.88. The van der Waals surface area contributed by atoms with Crippen LogP contribution in [0.5, 0.6) is 0 Å². The van der Waals surface area contributed by atoms with Crippen molar-refractivity contribution in [3.63, 3.8) is 0 Å². The van der Waals surface area contributed by atoms with Gasteiger partial charge in [0.25, 0.3) is 0 Å². The third-order valence-corrected chi connectivity index (χ3v) is 3.18. The van der Waals surface area contributed by atoms with Crippen molar-refractivity contribution in [2.45, 2.75) is 39.7 Å². The van der Waals surface area contributed by atoms with Gasteiger partial charge in [-0.25, -0.2) is 0 Å². The van der Waals surface area contributed by atoms with E-state index >= 15 is 0 Å². The molecule has 94 valence electrons. The minimum atomic E-state index is 0.265. The van der Waals surface area contributed by atoms with E-state index in [1.807, 2.05) is 0 Å². The van der Waals surface area contributed by atoms with Gasteiger partial charge in [-0.1, -0.05) is 23.8 Å². The lowest BCUT2D eigenvalue weighted by Crippen LogP contribution is -2.21. The summed E-state index contributed by atoms with van der Waals surface area (Å²) in [6.07, 6.45) is 1.54. The first-order chi connectivity index (χ1) is 7.91. The van der Waals surface area contributed by atoms with Crippen LogP contribution >= 0.6 is 0 Å². The maximum absolute atomic E-state index is 11.1. The molecule has 0 aliphatic rings. The Morgan fingerprint density at radius 2 is 1.94 bits per heavy atom. The zero-order chi connectivity index (χ0) is 13.0. The van der Waals surface area contributed by atoms with Gasteiger partial charge in [-0.05, 0) is 52.4 Å². The molecule has 1 atom stereocenters. The van der Waals surface area contributed by atoms with Crippen molar-refractivity contribution in [1.82, 2.24) is 4.90 Å². The van der Waals surface area contributed by atoms with Gasteiger partial charge in [0.15, 0.2) is 0 Å². The molecule has 0 aliphatic heterocycles. The Hall–Kier alpha value is -1.15. The molecule has 0 heterocycles. The molecule has 1 aromatic rings. The number of nitrogens with zero attached hydrogens (tertiary/aromatic N) is 1. The molecule has 0 aromatic heterocycles. The van der Waals surface area contributed by atoms with Crippen molar-refractivity contribution in [3.05, 3.63) is 34.9 Å². The molecule has 1 aromatic carbocycles. The van der Waals surface area contributed by atoms with E-state index in [2.05, 4.69) is 51.0 Å². The van der Waals surface area contributed by atoms with E-state index in [0.717, 1.165) is 6.42 Å². The van der Waals surface area contributed by atoms with Crippen LogP contribution in [0.1, 0.15) is 42.5 Å². The minimum absolute atomic E-state index is 0.265. The van der Waals surface area contributed by atoms with Crippen LogP contribution in [0.3, 0.4) is 0 Å². The Bertz CT molecular complexity index is 396. The fourth-order valence-electron chi connectivity index (χ4n) is 2.23. The predicted molar refractivity (Wildman–Crippen MR) is 72.3 cm³/mol. The van der Waals surface area contributed by atoms with Crippen molar-refractivity contribution in [2.24, 2.45) is 0 Å². The molecule has 0 N–H and O–H groups in total. The molecule has 0 aliphatic carbocycles. The maximum atomic E-state index is 11.1. The first-order valence-electron chi connectivity index (χ1n) is 6.15. The predicted octanol–water partition coefficient (Wildman–Crippen LogP) is 3.28. The molecule has 2 nitrogen and oxygen atoms in total. The van der Waals surface area contributed by atoms with Gasteiger partial charge in [-0.15, -0.1) is 0 Å². The van der Waals surface area contributed by atoms with E-state index in [0.29, 0.717) is 12.5 Å². The van der Waals surface area contributed by atoms with Crippen LogP contribution in [0.2, 0.25) is 0 Å². The molecule has 0 spiro atoms. The number of carbonyl (C=O) groups excluding carboxylic acids is 1. The first-order valence-corrected chi connectivity index (χ1v) is 6.15. The summed E-state index contributed by atoms with van der Waals surface area (Å²) in [6.45, 7) is 5.92. The molecule has 1 rings (SSSR count). The van der Waals surface area contributed by atoms with Crippen molar-refractivity contribution < 1.29 is 4.79 Å². The molecule has 2 heteroatoms. The first kappa shape index (κ1) is 13.9. The van der Waals surface area contributed by atoms with Gasteiger partial charge >= 0.3 is 0 Å². The topological polar surface area (TPSA) is 20.3 Å². The number of Topliss-reactive ketones (excluding diaryl/α,β-unsaturated/α-hetero) is 1. The molecule has 0 bridgehead atoms. The minimum Gasteiger partial charge on any atom is -0.302 e. The third kappa shape index (κ3) is 3.97. The number of hydrogen-bond acceptors (Lipinski definition) is 2. The van der Waals surface area contributed by atoms with E-state index in [1.54, 1.807) is 6.92 Å². The van der Waals surface area contributed by atoms with Crippen LogP contribution in [0.15, 0.2) is 18.2 Å². The lowest BCUT2D eigenvalue weighted by molar-refractivity contribution is -0.117. The normalized spacial score (nSPS) is 12.8. The number of benzene rings is 1.